The van der Waals surface area contributed by atoms with Crippen LogP contribution in [0.2, 0.25) is 0 Å². The minimum Gasteiger partial charge on any atom is -0.385 e. The summed E-state index contributed by atoms with van der Waals surface area (Å²) in [4.78, 5) is 12.6. The van der Waals surface area contributed by atoms with Crippen molar-refractivity contribution in [2.24, 2.45) is 5.92 Å². The predicted molar refractivity (Wildman–Crippen MR) is 94.2 cm³/mol. The molecule has 24 heavy (non-hydrogen) atoms. The quantitative estimate of drug-likeness (QED) is 0.627. The maximum atomic E-state index is 12.5. The molecule has 0 fully saturated rings. The second-order valence-corrected chi connectivity index (χ2v) is 7.65. The van der Waals surface area contributed by atoms with Gasteiger partial charge in [0.1, 0.15) is 6.04 Å². The average Bonchev–Trinajstić information content (AvgIpc) is 2.56. The lowest BCUT2D eigenvalue weighted by molar-refractivity contribution is -0.123. The number of aryl methyl sites for hydroxylation is 1. The molecule has 1 aromatic rings. The number of carbonyl (C=O) groups excluding carboxylic acids is 1. The van der Waals surface area contributed by atoms with Crippen molar-refractivity contribution in [1.82, 2.24) is 10.0 Å². The van der Waals surface area contributed by atoms with E-state index in [0.29, 0.717) is 26.0 Å². The lowest BCUT2D eigenvalue weighted by Gasteiger charge is -2.23. The van der Waals surface area contributed by atoms with Crippen LogP contribution in [0.15, 0.2) is 29.2 Å². The summed E-state index contributed by atoms with van der Waals surface area (Å²) in [5.41, 5.74) is 0.975. The van der Waals surface area contributed by atoms with E-state index in [4.69, 9.17) is 4.74 Å². The highest BCUT2D eigenvalue weighted by Gasteiger charge is 2.29. The number of amides is 1. The van der Waals surface area contributed by atoms with E-state index in [0.717, 1.165) is 5.56 Å². The van der Waals surface area contributed by atoms with Crippen molar-refractivity contribution in [1.29, 1.82) is 0 Å². The zero-order valence-electron chi connectivity index (χ0n) is 14.8. The normalized spacial score (nSPS) is 14.2. The van der Waals surface area contributed by atoms with Crippen molar-refractivity contribution in [2.45, 2.75) is 44.6 Å². The van der Waals surface area contributed by atoms with Gasteiger partial charge < -0.3 is 10.1 Å². The van der Waals surface area contributed by atoms with E-state index in [1.807, 2.05) is 20.8 Å². The van der Waals surface area contributed by atoms with Crippen molar-refractivity contribution in [3.05, 3.63) is 29.8 Å². The van der Waals surface area contributed by atoms with Crippen molar-refractivity contribution in [3.63, 3.8) is 0 Å². The van der Waals surface area contributed by atoms with Crippen LogP contribution in [0, 0.1) is 12.8 Å². The number of ether oxygens (including phenoxy) is 1. The lowest BCUT2D eigenvalue weighted by Crippen LogP contribution is -2.50. The summed E-state index contributed by atoms with van der Waals surface area (Å²) in [6, 6.07) is 5.75. The highest BCUT2D eigenvalue weighted by atomic mass is 32.2. The number of hydrogen-bond donors (Lipinski definition) is 2. The molecule has 0 aromatic heterocycles. The lowest BCUT2D eigenvalue weighted by atomic mass is 9.99. The van der Waals surface area contributed by atoms with Gasteiger partial charge in [-0.2, -0.15) is 4.72 Å². The van der Waals surface area contributed by atoms with Crippen LogP contribution in [0.4, 0.5) is 0 Å². The predicted octanol–water partition coefficient (Wildman–Crippen LogP) is 1.84. The zero-order valence-corrected chi connectivity index (χ0v) is 15.7. The summed E-state index contributed by atoms with van der Waals surface area (Å²) < 4.78 is 32.6. The molecule has 0 spiro atoms. The van der Waals surface area contributed by atoms with Crippen LogP contribution in [0.25, 0.3) is 0 Å². The molecule has 0 saturated carbocycles. The topological polar surface area (TPSA) is 84.5 Å². The van der Waals surface area contributed by atoms with Crippen LogP contribution in [0.3, 0.4) is 0 Å². The molecule has 2 atom stereocenters. The Morgan fingerprint density at radius 1 is 1.25 bits per heavy atom. The zero-order chi connectivity index (χ0) is 18.2. The van der Waals surface area contributed by atoms with Crippen molar-refractivity contribution in [3.8, 4) is 0 Å². The highest BCUT2D eigenvalue weighted by Crippen LogP contribution is 2.15. The first-order valence-corrected chi connectivity index (χ1v) is 9.65. The Bertz CT molecular complexity index is 614. The second-order valence-electron chi connectivity index (χ2n) is 5.93. The summed E-state index contributed by atoms with van der Waals surface area (Å²) in [7, 11) is -2.15. The van der Waals surface area contributed by atoms with Crippen LogP contribution < -0.4 is 10.0 Å². The molecule has 0 aliphatic rings. The maximum Gasteiger partial charge on any atom is 0.241 e. The van der Waals surface area contributed by atoms with Gasteiger partial charge in [0.15, 0.2) is 0 Å². The third-order valence-electron chi connectivity index (χ3n) is 3.93. The monoisotopic (exact) mass is 356 g/mol. The Kier molecular flexibility index (Phi) is 8.38. The molecule has 1 rings (SSSR count). The van der Waals surface area contributed by atoms with Gasteiger partial charge in [-0.15, -0.1) is 0 Å². The van der Waals surface area contributed by atoms with Gasteiger partial charge in [0, 0.05) is 20.3 Å². The molecule has 0 aliphatic heterocycles. The summed E-state index contributed by atoms with van der Waals surface area (Å²) in [5, 5.41) is 2.77. The molecular formula is C17H28N2O4S. The van der Waals surface area contributed by atoms with Gasteiger partial charge >= 0.3 is 0 Å². The minimum absolute atomic E-state index is 0.118. The molecule has 7 heteroatoms. The first kappa shape index (κ1) is 20.6. The van der Waals surface area contributed by atoms with E-state index in [9.17, 15) is 13.2 Å². The number of rotatable bonds is 10. The van der Waals surface area contributed by atoms with Crippen molar-refractivity contribution < 1.29 is 17.9 Å². The van der Waals surface area contributed by atoms with Gasteiger partial charge in [-0.3, -0.25) is 4.79 Å². The second kappa shape index (κ2) is 9.76. The van der Waals surface area contributed by atoms with Gasteiger partial charge in [-0.25, -0.2) is 8.42 Å². The Morgan fingerprint density at radius 2 is 1.88 bits per heavy atom. The Hall–Kier alpha value is -1.44. The van der Waals surface area contributed by atoms with Gasteiger partial charge in [0.2, 0.25) is 15.9 Å². The number of hydrogen-bond acceptors (Lipinski definition) is 4. The summed E-state index contributed by atoms with van der Waals surface area (Å²) in [6.45, 7) is 6.67. The Balaban J connectivity index is 2.84. The minimum atomic E-state index is -3.75. The Morgan fingerprint density at radius 3 is 2.42 bits per heavy atom. The van der Waals surface area contributed by atoms with E-state index < -0.39 is 16.1 Å². The molecular weight excluding hydrogens is 328 g/mol. The number of methoxy groups -OCH3 is 1. The molecule has 6 nitrogen and oxygen atoms in total. The average molecular weight is 356 g/mol. The van der Waals surface area contributed by atoms with Gasteiger partial charge in [0.25, 0.3) is 0 Å². The van der Waals surface area contributed by atoms with Crippen LogP contribution in [0.5, 0.6) is 0 Å². The third kappa shape index (κ3) is 6.22. The van der Waals surface area contributed by atoms with Crippen LogP contribution in [-0.2, 0) is 19.6 Å². The smallest absolute Gasteiger partial charge is 0.241 e. The first-order chi connectivity index (χ1) is 11.3. The van der Waals surface area contributed by atoms with Gasteiger partial charge in [-0.05, 0) is 31.4 Å². The molecule has 0 saturated heterocycles. The van der Waals surface area contributed by atoms with E-state index >= 15 is 0 Å². The molecule has 0 bridgehead atoms. The number of carbonyl (C=O) groups is 1. The summed E-state index contributed by atoms with van der Waals surface area (Å²) >= 11 is 0. The van der Waals surface area contributed by atoms with Crippen molar-refractivity contribution in [2.75, 3.05) is 20.3 Å². The fourth-order valence-electron chi connectivity index (χ4n) is 2.15. The summed E-state index contributed by atoms with van der Waals surface area (Å²) in [6.07, 6.45) is 1.37. The number of nitrogens with one attached hydrogen (secondary N) is 2. The molecule has 0 unspecified atom stereocenters. The number of benzene rings is 1. The fourth-order valence-corrected chi connectivity index (χ4v) is 3.46. The van der Waals surface area contributed by atoms with Gasteiger partial charge in [-0.1, -0.05) is 38.0 Å². The van der Waals surface area contributed by atoms with Gasteiger partial charge in [0.05, 0.1) is 4.90 Å². The van der Waals surface area contributed by atoms with E-state index in [2.05, 4.69) is 10.0 Å². The molecule has 0 aliphatic carbocycles. The fraction of sp³-hybridized carbons (Fsp3) is 0.588. The Labute approximate surface area is 145 Å². The molecule has 136 valence electrons. The third-order valence-corrected chi connectivity index (χ3v) is 5.39. The first-order valence-electron chi connectivity index (χ1n) is 8.17. The molecule has 1 aromatic carbocycles. The van der Waals surface area contributed by atoms with Crippen molar-refractivity contribution >= 4 is 15.9 Å². The molecule has 0 radical (unpaired) electrons. The number of sulfonamides is 1. The van der Waals surface area contributed by atoms with Crippen LogP contribution >= 0.6 is 0 Å². The van der Waals surface area contributed by atoms with E-state index in [1.165, 1.54) is 0 Å². The van der Waals surface area contributed by atoms with Crippen LogP contribution in [-0.4, -0.2) is 40.6 Å². The molecule has 1 amide bonds. The molecule has 2 N–H and O–H groups in total. The standard InChI is InChI=1S/C17H28N2O4S/c1-5-14(3)16(17(20)18-11-6-12-23-4)19-24(21,22)15-9-7-13(2)8-10-15/h7-10,14,16,19H,5-6,11-12H2,1-4H3,(H,18,20)/t14-,16+/m1/s1. The SMILES string of the molecule is CC[C@@H](C)[C@H](NS(=O)(=O)c1ccc(C)cc1)C(=O)NCCCOC. The summed E-state index contributed by atoms with van der Waals surface area (Å²) in [5.74, 6) is -0.427. The van der Waals surface area contributed by atoms with E-state index in [-0.39, 0.29) is 16.7 Å². The largest absolute Gasteiger partial charge is 0.385 e. The highest BCUT2D eigenvalue weighted by molar-refractivity contribution is 7.89. The molecule has 0 heterocycles. The maximum absolute atomic E-state index is 12.5. The van der Waals surface area contributed by atoms with Crippen LogP contribution in [0.1, 0.15) is 32.3 Å². The van der Waals surface area contributed by atoms with E-state index in [1.54, 1.807) is 31.4 Å².